The summed E-state index contributed by atoms with van der Waals surface area (Å²) < 4.78 is 0. The summed E-state index contributed by atoms with van der Waals surface area (Å²) >= 11 is 11.0. The van der Waals surface area contributed by atoms with Crippen LogP contribution in [-0.4, -0.2) is 16.9 Å². The van der Waals surface area contributed by atoms with Gasteiger partial charge in [-0.1, -0.05) is 30.7 Å². The Labute approximate surface area is 163 Å². The Bertz CT molecular complexity index is 776. The molecule has 0 aliphatic heterocycles. The van der Waals surface area contributed by atoms with Gasteiger partial charge in [0.15, 0.2) is 5.11 Å². The van der Waals surface area contributed by atoms with Crippen molar-refractivity contribution in [2.75, 3.05) is 10.6 Å². The molecule has 0 unspecified atom stereocenters. The van der Waals surface area contributed by atoms with E-state index in [0.717, 1.165) is 17.7 Å². The van der Waals surface area contributed by atoms with Crippen molar-refractivity contribution >= 4 is 52.1 Å². The summed E-state index contributed by atoms with van der Waals surface area (Å²) in [5, 5.41) is 9.22. The molecule has 26 heavy (non-hydrogen) atoms. The van der Waals surface area contributed by atoms with E-state index in [-0.39, 0.29) is 23.3 Å². The summed E-state index contributed by atoms with van der Waals surface area (Å²) in [6.07, 6.45) is 1.50. The zero-order valence-electron chi connectivity index (χ0n) is 14.3. The first-order valence-electron chi connectivity index (χ1n) is 8.21. The Morgan fingerprint density at radius 1 is 0.923 bits per heavy atom. The van der Waals surface area contributed by atoms with Crippen molar-refractivity contribution < 1.29 is 9.59 Å². The number of hydrogen-bond acceptors (Lipinski definition) is 3. The highest BCUT2D eigenvalue weighted by Gasteiger charge is 2.07. The van der Waals surface area contributed by atoms with E-state index in [4.69, 9.17) is 23.8 Å². The van der Waals surface area contributed by atoms with Crippen LogP contribution >= 0.6 is 23.8 Å². The number of benzene rings is 2. The van der Waals surface area contributed by atoms with E-state index in [1.165, 1.54) is 0 Å². The molecule has 0 fully saturated rings. The van der Waals surface area contributed by atoms with Gasteiger partial charge in [-0.2, -0.15) is 0 Å². The molecule has 2 amide bonds. The van der Waals surface area contributed by atoms with Crippen LogP contribution in [0, 0.1) is 0 Å². The van der Waals surface area contributed by atoms with Crippen LogP contribution in [0.1, 0.15) is 25.3 Å². The summed E-state index contributed by atoms with van der Waals surface area (Å²) in [7, 11) is 0. The SMILES string of the molecule is CCCC(=O)Nc1ccc(NC(=S)NC(=O)Cc2ccc(Cl)cc2)cc1. The molecule has 0 aliphatic carbocycles. The van der Waals surface area contributed by atoms with Crippen molar-refractivity contribution in [3.8, 4) is 0 Å². The number of hydrogen-bond donors (Lipinski definition) is 3. The fourth-order valence-electron chi connectivity index (χ4n) is 2.21. The lowest BCUT2D eigenvalue weighted by molar-refractivity contribution is -0.119. The number of anilines is 2. The lowest BCUT2D eigenvalue weighted by atomic mass is 10.1. The summed E-state index contributed by atoms with van der Waals surface area (Å²) in [6, 6.07) is 14.2. The standard InChI is InChI=1S/C19H20ClN3O2S/c1-2-3-17(24)21-15-8-10-16(11-9-15)22-19(26)23-18(25)12-13-4-6-14(20)7-5-13/h4-11H,2-3,12H2,1H3,(H,21,24)(H2,22,23,25,26). The van der Waals surface area contributed by atoms with Crippen LogP contribution in [0.15, 0.2) is 48.5 Å². The fraction of sp³-hybridized carbons (Fsp3) is 0.211. The van der Waals surface area contributed by atoms with E-state index >= 15 is 0 Å². The highest BCUT2D eigenvalue weighted by Crippen LogP contribution is 2.14. The van der Waals surface area contributed by atoms with Crippen LogP contribution in [-0.2, 0) is 16.0 Å². The first-order chi connectivity index (χ1) is 12.5. The largest absolute Gasteiger partial charge is 0.332 e. The molecule has 0 radical (unpaired) electrons. The van der Waals surface area contributed by atoms with Crippen molar-refractivity contribution in [2.45, 2.75) is 26.2 Å². The number of amides is 2. The molecule has 0 bridgehead atoms. The number of halogens is 1. The summed E-state index contributed by atoms with van der Waals surface area (Å²) in [4.78, 5) is 23.6. The van der Waals surface area contributed by atoms with E-state index in [2.05, 4.69) is 16.0 Å². The molecule has 0 atom stereocenters. The van der Waals surface area contributed by atoms with Gasteiger partial charge in [-0.3, -0.25) is 9.59 Å². The lowest BCUT2D eigenvalue weighted by Crippen LogP contribution is -2.35. The third kappa shape index (κ3) is 6.82. The molecular weight excluding hydrogens is 370 g/mol. The zero-order valence-corrected chi connectivity index (χ0v) is 15.9. The van der Waals surface area contributed by atoms with Gasteiger partial charge >= 0.3 is 0 Å². The van der Waals surface area contributed by atoms with Crippen molar-refractivity contribution in [3.63, 3.8) is 0 Å². The minimum absolute atomic E-state index is 0.0156. The molecule has 136 valence electrons. The first kappa shape index (κ1) is 19.9. The topological polar surface area (TPSA) is 70.2 Å². The minimum Gasteiger partial charge on any atom is -0.332 e. The fourth-order valence-corrected chi connectivity index (χ4v) is 2.57. The zero-order chi connectivity index (χ0) is 18.9. The third-order valence-corrected chi connectivity index (χ3v) is 3.89. The van der Waals surface area contributed by atoms with Gasteiger partial charge in [-0.05, 0) is 60.6 Å². The smallest absolute Gasteiger partial charge is 0.230 e. The molecule has 2 aromatic rings. The second-order valence-corrected chi connectivity index (χ2v) is 6.53. The molecule has 0 saturated heterocycles. The lowest BCUT2D eigenvalue weighted by Gasteiger charge is -2.11. The first-order valence-corrected chi connectivity index (χ1v) is 9.00. The molecule has 0 heterocycles. The maximum absolute atomic E-state index is 12.0. The summed E-state index contributed by atoms with van der Waals surface area (Å²) in [5.41, 5.74) is 2.28. The van der Waals surface area contributed by atoms with Gasteiger partial charge in [-0.25, -0.2) is 0 Å². The molecule has 0 saturated carbocycles. The predicted octanol–water partition coefficient (Wildman–Crippen LogP) is 4.13. The van der Waals surface area contributed by atoms with E-state index in [9.17, 15) is 9.59 Å². The minimum atomic E-state index is -0.215. The molecule has 0 spiro atoms. The molecular formula is C19H20ClN3O2S. The molecule has 2 rings (SSSR count). The molecule has 0 aliphatic rings. The van der Waals surface area contributed by atoms with E-state index in [0.29, 0.717) is 17.1 Å². The highest BCUT2D eigenvalue weighted by molar-refractivity contribution is 7.80. The van der Waals surface area contributed by atoms with Crippen LogP contribution in [0.5, 0.6) is 0 Å². The van der Waals surface area contributed by atoms with Gasteiger partial charge in [0, 0.05) is 22.8 Å². The number of rotatable bonds is 6. The van der Waals surface area contributed by atoms with Crippen LogP contribution in [0.2, 0.25) is 5.02 Å². The maximum atomic E-state index is 12.0. The molecule has 7 heteroatoms. The van der Waals surface area contributed by atoms with Crippen molar-refractivity contribution in [2.24, 2.45) is 0 Å². The predicted molar refractivity (Wildman–Crippen MR) is 109 cm³/mol. The van der Waals surface area contributed by atoms with Crippen molar-refractivity contribution in [3.05, 3.63) is 59.1 Å². The van der Waals surface area contributed by atoms with Gasteiger partial charge in [0.25, 0.3) is 0 Å². The maximum Gasteiger partial charge on any atom is 0.230 e. The number of thiocarbonyl (C=S) groups is 1. The van der Waals surface area contributed by atoms with Crippen LogP contribution in [0.3, 0.4) is 0 Å². The van der Waals surface area contributed by atoms with Gasteiger partial charge in [0.2, 0.25) is 11.8 Å². The van der Waals surface area contributed by atoms with Crippen molar-refractivity contribution in [1.29, 1.82) is 0 Å². The van der Waals surface area contributed by atoms with E-state index in [1.807, 2.05) is 6.92 Å². The Kier molecular flexibility index (Phi) is 7.56. The van der Waals surface area contributed by atoms with Gasteiger partial charge in [-0.15, -0.1) is 0 Å². The van der Waals surface area contributed by atoms with Crippen LogP contribution in [0.4, 0.5) is 11.4 Å². The van der Waals surface area contributed by atoms with Gasteiger partial charge < -0.3 is 16.0 Å². The summed E-state index contributed by atoms with van der Waals surface area (Å²) in [5.74, 6) is -0.230. The second kappa shape index (κ2) is 9.89. The average Bonchev–Trinajstić information content (AvgIpc) is 2.59. The molecule has 3 N–H and O–H groups in total. The van der Waals surface area contributed by atoms with E-state index < -0.39 is 0 Å². The average molecular weight is 390 g/mol. The van der Waals surface area contributed by atoms with Crippen molar-refractivity contribution in [1.82, 2.24) is 5.32 Å². The third-order valence-electron chi connectivity index (χ3n) is 3.43. The Hall–Kier alpha value is -2.44. The van der Waals surface area contributed by atoms with Gasteiger partial charge in [0.1, 0.15) is 0 Å². The highest BCUT2D eigenvalue weighted by atomic mass is 35.5. The molecule has 2 aromatic carbocycles. The Morgan fingerprint density at radius 2 is 1.50 bits per heavy atom. The summed E-state index contributed by atoms with van der Waals surface area (Å²) in [6.45, 7) is 1.95. The molecule has 5 nitrogen and oxygen atoms in total. The van der Waals surface area contributed by atoms with Gasteiger partial charge in [0.05, 0.1) is 6.42 Å². The second-order valence-electron chi connectivity index (χ2n) is 5.68. The Morgan fingerprint density at radius 3 is 2.08 bits per heavy atom. The monoisotopic (exact) mass is 389 g/mol. The number of nitrogens with one attached hydrogen (secondary N) is 3. The number of carbonyl (C=O) groups is 2. The number of carbonyl (C=O) groups excluding carboxylic acids is 2. The molecule has 0 aromatic heterocycles. The Balaban J connectivity index is 1.82. The quantitative estimate of drug-likeness (QED) is 0.649. The van der Waals surface area contributed by atoms with E-state index in [1.54, 1.807) is 48.5 Å². The normalized spacial score (nSPS) is 10.1. The van der Waals surface area contributed by atoms with Crippen LogP contribution < -0.4 is 16.0 Å². The van der Waals surface area contributed by atoms with Crippen LogP contribution in [0.25, 0.3) is 0 Å².